The van der Waals surface area contributed by atoms with Crippen molar-refractivity contribution in [3.05, 3.63) is 12.3 Å². The minimum absolute atomic E-state index is 0.0393. The van der Waals surface area contributed by atoms with E-state index in [1.54, 1.807) is 13.0 Å². The summed E-state index contributed by atoms with van der Waals surface area (Å²) in [7, 11) is 0. The lowest BCUT2D eigenvalue weighted by Gasteiger charge is -2.21. The fourth-order valence-electron chi connectivity index (χ4n) is 1.49. The lowest BCUT2D eigenvalue weighted by atomic mass is 9.97. The van der Waals surface area contributed by atoms with Gasteiger partial charge in [0.1, 0.15) is 0 Å². The van der Waals surface area contributed by atoms with Gasteiger partial charge in [-0.15, -0.1) is 0 Å². The highest BCUT2D eigenvalue weighted by molar-refractivity contribution is 5.95. The van der Waals surface area contributed by atoms with Crippen molar-refractivity contribution < 1.29 is 9.59 Å². The smallest absolute Gasteiger partial charge is 0.317 e. The number of urea groups is 1. The SMILES string of the molecule is C/C=C/NC(=O)NC(=O)C1CCNCC1. The highest BCUT2D eigenvalue weighted by Crippen LogP contribution is 2.10. The molecule has 0 unspecified atom stereocenters. The summed E-state index contributed by atoms with van der Waals surface area (Å²) in [4.78, 5) is 22.7. The molecule has 1 rings (SSSR count). The molecule has 3 amide bonds. The molecule has 0 bridgehead atoms. The fourth-order valence-corrected chi connectivity index (χ4v) is 1.49. The van der Waals surface area contributed by atoms with Crippen molar-refractivity contribution in [1.29, 1.82) is 0 Å². The number of carbonyl (C=O) groups excluding carboxylic acids is 2. The minimum Gasteiger partial charge on any atom is -0.317 e. The van der Waals surface area contributed by atoms with Gasteiger partial charge in [0, 0.05) is 12.1 Å². The van der Waals surface area contributed by atoms with Gasteiger partial charge in [0.15, 0.2) is 0 Å². The summed E-state index contributed by atoms with van der Waals surface area (Å²) in [6.07, 6.45) is 4.77. The van der Waals surface area contributed by atoms with Gasteiger partial charge in [-0.1, -0.05) is 6.08 Å². The first kappa shape index (κ1) is 11.7. The summed E-state index contributed by atoms with van der Waals surface area (Å²) in [5, 5.41) is 7.92. The normalized spacial score (nSPS) is 17.7. The maximum Gasteiger partial charge on any atom is 0.325 e. The molecular formula is C10H17N3O2. The summed E-state index contributed by atoms with van der Waals surface area (Å²) >= 11 is 0. The van der Waals surface area contributed by atoms with Gasteiger partial charge in [0.25, 0.3) is 0 Å². The number of nitrogens with one attached hydrogen (secondary N) is 3. The third-order valence-electron chi connectivity index (χ3n) is 2.33. The molecule has 1 aliphatic rings. The number of imide groups is 1. The van der Waals surface area contributed by atoms with Crippen molar-refractivity contribution in [2.45, 2.75) is 19.8 Å². The summed E-state index contributed by atoms with van der Waals surface area (Å²) in [6.45, 7) is 3.47. The molecule has 0 saturated carbocycles. The molecule has 3 N–H and O–H groups in total. The predicted molar refractivity (Wildman–Crippen MR) is 57.1 cm³/mol. The van der Waals surface area contributed by atoms with Crippen LogP contribution in [0.4, 0.5) is 4.79 Å². The third kappa shape index (κ3) is 4.12. The Morgan fingerprint density at radius 1 is 1.33 bits per heavy atom. The molecule has 5 nitrogen and oxygen atoms in total. The second-order valence-electron chi connectivity index (χ2n) is 3.49. The Morgan fingerprint density at radius 3 is 2.60 bits per heavy atom. The molecule has 0 aromatic carbocycles. The van der Waals surface area contributed by atoms with Crippen LogP contribution in [0.3, 0.4) is 0 Å². The van der Waals surface area contributed by atoms with Crippen molar-refractivity contribution in [2.24, 2.45) is 5.92 Å². The van der Waals surface area contributed by atoms with E-state index in [1.165, 1.54) is 6.20 Å². The van der Waals surface area contributed by atoms with Gasteiger partial charge in [-0.2, -0.15) is 0 Å². The average molecular weight is 211 g/mol. The molecule has 1 heterocycles. The Kier molecular flexibility index (Phi) is 4.83. The highest BCUT2D eigenvalue weighted by Gasteiger charge is 2.21. The van der Waals surface area contributed by atoms with Gasteiger partial charge in [-0.05, 0) is 32.9 Å². The van der Waals surface area contributed by atoms with Crippen LogP contribution in [0.1, 0.15) is 19.8 Å². The van der Waals surface area contributed by atoms with Crippen molar-refractivity contribution in [2.75, 3.05) is 13.1 Å². The van der Waals surface area contributed by atoms with Crippen LogP contribution in [0.2, 0.25) is 0 Å². The summed E-state index contributed by atoms with van der Waals surface area (Å²) in [6, 6.07) is -0.461. The zero-order chi connectivity index (χ0) is 11.1. The quantitative estimate of drug-likeness (QED) is 0.617. The van der Waals surface area contributed by atoms with Crippen LogP contribution in [0.25, 0.3) is 0 Å². The van der Waals surface area contributed by atoms with Crippen LogP contribution < -0.4 is 16.0 Å². The van der Waals surface area contributed by atoms with Crippen LogP contribution >= 0.6 is 0 Å². The van der Waals surface area contributed by atoms with Crippen molar-refractivity contribution >= 4 is 11.9 Å². The van der Waals surface area contributed by atoms with E-state index in [0.717, 1.165) is 25.9 Å². The highest BCUT2D eigenvalue weighted by atomic mass is 16.2. The molecule has 1 aliphatic heterocycles. The van der Waals surface area contributed by atoms with Gasteiger partial charge in [0.05, 0.1) is 0 Å². The number of hydrogen-bond acceptors (Lipinski definition) is 3. The van der Waals surface area contributed by atoms with E-state index in [9.17, 15) is 9.59 Å². The monoisotopic (exact) mass is 211 g/mol. The molecule has 0 radical (unpaired) electrons. The Hall–Kier alpha value is -1.36. The van der Waals surface area contributed by atoms with E-state index in [-0.39, 0.29) is 11.8 Å². The average Bonchev–Trinajstić information content (AvgIpc) is 2.27. The zero-order valence-corrected chi connectivity index (χ0v) is 8.88. The van der Waals surface area contributed by atoms with Crippen LogP contribution in [-0.4, -0.2) is 25.0 Å². The van der Waals surface area contributed by atoms with E-state index < -0.39 is 6.03 Å². The number of piperidine rings is 1. The van der Waals surface area contributed by atoms with Gasteiger partial charge < -0.3 is 10.6 Å². The second-order valence-corrected chi connectivity index (χ2v) is 3.49. The fraction of sp³-hybridized carbons (Fsp3) is 0.600. The Balaban J connectivity index is 2.30. The van der Waals surface area contributed by atoms with E-state index in [0.29, 0.717) is 0 Å². The number of carbonyl (C=O) groups is 2. The third-order valence-corrected chi connectivity index (χ3v) is 2.33. The summed E-state index contributed by atoms with van der Waals surface area (Å²) in [5.74, 6) is -0.221. The van der Waals surface area contributed by atoms with E-state index in [2.05, 4.69) is 16.0 Å². The molecule has 15 heavy (non-hydrogen) atoms. The minimum atomic E-state index is -0.461. The van der Waals surface area contributed by atoms with E-state index >= 15 is 0 Å². The lowest BCUT2D eigenvalue weighted by molar-refractivity contribution is -0.124. The molecule has 0 aromatic heterocycles. The molecular weight excluding hydrogens is 194 g/mol. The second kappa shape index (κ2) is 6.19. The van der Waals surface area contributed by atoms with Gasteiger partial charge >= 0.3 is 6.03 Å². The van der Waals surface area contributed by atoms with Gasteiger partial charge in [0.2, 0.25) is 5.91 Å². The first-order chi connectivity index (χ1) is 7.24. The van der Waals surface area contributed by atoms with Crippen LogP contribution in [0.5, 0.6) is 0 Å². The van der Waals surface area contributed by atoms with Crippen LogP contribution in [0, 0.1) is 5.92 Å². The maximum atomic E-state index is 11.5. The first-order valence-electron chi connectivity index (χ1n) is 5.17. The Labute approximate surface area is 89.3 Å². The molecule has 0 aromatic rings. The summed E-state index contributed by atoms with van der Waals surface area (Å²) in [5.41, 5.74) is 0. The van der Waals surface area contributed by atoms with Crippen LogP contribution in [0.15, 0.2) is 12.3 Å². The first-order valence-corrected chi connectivity index (χ1v) is 5.17. The molecule has 1 saturated heterocycles. The largest absolute Gasteiger partial charge is 0.325 e. The Bertz CT molecular complexity index is 257. The Morgan fingerprint density at radius 2 is 2.00 bits per heavy atom. The maximum absolute atomic E-state index is 11.5. The summed E-state index contributed by atoms with van der Waals surface area (Å²) < 4.78 is 0. The number of allylic oxidation sites excluding steroid dienone is 1. The predicted octanol–water partition coefficient (Wildman–Crippen LogP) is 0.345. The molecule has 0 spiro atoms. The molecule has 0 aliphatic carbocycles. The standard InChI is InChI=1S/C10H17N3O2/c1-2-5-12-10(15)13-9(14)8-3-6-11-7-4-8/h2,5,8,11H,3-4,6-7H2,1H3,(H2,12,13,14,15)/b5-2+. The number of amides is 3. The number of rotatable bonds is 2. The van der Waals surface area contributed by atoms with E-state index in [4.69, 9.17) is 0 Å². The number of hydrogen-bond donors (Lipinski definition) is 3. The van der Waals surface area contributed by atoms with E-state index in [1.807, 2.05) is 0 Å². The molecule has 0 atom stereocenters. The zero-order valence-electron chi connectivity index (χ0n) is 8.88. The van der Waals surface area contributed by atoms with Crippen molar-refractivity contribution in [3.8, 4) is 0 Å². The van der Waals surface area contributed by atoms with Gasteiger partial charge in [-0.3, -0.25) is 10.1 Å². The van der Waals surface area contributed by atoms with Crippen molar-refractivity contribution in [1.82, 2.24) is 16.0 Å². The molecule has 1 fully saturated rings. The van der Waals surface area contributed by atoms with Crippen LogP contribution in [-0.2, 0) is 4.79 Å². The molecule has 5 heteroatoms. The molecule has 84 valence electrons. The van der Waals surface area contributed by atoms with Crippen molar-refractivity contribution in [3.63, 3.8) is 0 Å². The van der Waals surface area contributed by atoms with Gasteiger partial charge in [-0.25, -0.2) is 4.79 Å². The topological polar surface area (TPSA) is 70.2 Å². The lowest BCUT2D eigenvalue weighted by Crippen LogP contribution is -2.43.